The average molecular weight is 528 g/mol. The van der Waals surface area contributed by atoms with Crippen LogP contribution >= 0.6 is 11.3 Å². The van der Waals surface area contributed by atoms with E-state index in [4.69, 9.17) is 9.47 Å². The maximum absolute atomic E-state index is 13.1. The molecule has 0 fully saturated rings. The van der Waals surface area contributed by atoms with Crippen LogP contribution in [-0.2, 0) is 17.7 Å². The van der Waals surface area contributed by atoms with Gasteiger partial charge in [-0.2, -0.15) is 0 Å². The Morgan fingerprint density at radius 1 is 1.03 bits per heavy atom. The van der Waals surface area contributed by atoms with Gasteiger partial charge < -0.3 is 25.0 Å². The Labute approximate surface area is 223 Å². The normalized spacial score (nSPS) is 16.2. The van der Waals surface area contributed by atoms with Gasteiger partial charge in [-0.3, -0.25) is 4.79 Å². The first-order chi connectivity index (χ1) is 18.5. The molecule has 4 aromatic rings. The van der Waals surface area contributed by atoms with Crippen LogP contribution in [0.5, 0.6) is 5.75 Å². The molecule has 0 saturated heterocycles. The Morgan fingerprint density at radius 2 is 1.82 bits per heavy atom. The number of hydrogen-bond donors (Lipinski definition) is 2. The van der Waals surface area contributed by atoms with Crippen molar-refractivity contribution < 1.29 is 23.9 Å². The summed E-state index contributed by atoms with van der Waals surface area (Å²) in [6.45, 7) is 3.07. The van der Waals surface area contributed by atoms with Gasteiger partial charge in [-0.1, -0.05) is 48.5 Å². The van der Waals surface area contributed by atoms with Crippen LogP contribution in [0.2, 0.25) is 0 Å². The predicted octanol–water partition coefficient (Wildman–Crippen LogP) is 5.49. The van der Waals surface area contributed by atoms with Crippen LogP contribution in [-0.4, -0.2) is 36.0 Å². The molecular weight excluding hydrogens is 502 g/mol. The Balaban J connectivity index is 1.17. The second kappa shape index (κ2) is 9.83. The molecule has 0 radical (unpaired) electrons. The highest BCUT2D eigenvalue weighted by Crippen LogP contribution is 2.41. The maximum Gasteiger partial charge on any atom is 0.410 e. The van der Waals surface area contributed by atoms with Crippen LogP contribution in [0.1, 0.15) is 49.8 Å². The number of ether oxygens (including phenoxy) is 2. The fourth-order valence-electron chi connectivity index (χ4n) is 4.95. The van der Waals surface area contributed by atoms with Crippen molar-refractivity contribution in [2.75, 3.05) is 18.5 Å². The molecule has 0 aliphatic carbocycles. The molecule has 2 N–H and O–H groups in total. The second-order valence-corrected chi connectivity index (χ2v) is 10.2. The summed E-state index contributed by atoms with van der Waals surface area (Å²) < 4.78 is 10.8. The summed E-state index contributed by atoms with van der Waals surface area (Å²) in [5, 5.41) is 9.05. The van der Waals surface area contributed by atoms with Gasteiger partial charge in [0.05, 0.1) is 24.3 Å². The van der Waals surface area contributed by atoms with Crippen molar-refractivity contribution in [1.29, 1.82) is 0 Å². The van der Waals surface area contributed by atoms with Crippen molar-refractivity contribution in [3.63, 3.8) is 0 Å². The number of hydrogen-bond acceptors (Lipinski definition) is 7. The van der Waals surface area contributed by atoms with Crippen molar-refractivity contribution in [2.24, 2.45) is 0 Å². The molecule has 3 heterocycles. The SMILES string of the molecule is CCOC(=O)N1CCc2c(sc3c2C(=O)N[C@@H](c2ccc(OC(=O)c4cccc5ccccc45)cc2)N3)C1. The molecule has 1 atom stereocenters. The largest absolute Gasteiger partial charge is 0.450 e. The number of nitrogens with zero attached hydrogens (tertiary/aromatic N) is 1. The Morgan fingerprint density at radius 3 is 2.63 bits per heavy atom. The summed E-state index contributed by atoms with van der Waals surface area (Å²) in [6, 6.07) is 20.3. The van der Waals surface area contributed by atoms with E-state index < -0.39 is 12.1 Å². The molecule has 1 aromatic heterocycles. The minimum Gasteiger partial charge on any atom is -0.450 e. The molecule has 0 bridgehead atoms. The summed E-state index contributed by atoms with van der Waals surface area (Å²) in [5.41, 5.74) is 2.98. The molecule has 192 valence electrons. The summed E-state index contributed by atoms with van der Waals surface area (Å²) in [7, 11) is 0. The first-order valence-electron chi connectivity index (χ1n) is 12.5. The molecule has 9 heteroatoms. The number of carbonyl (C=O) groups excluding carboxylic acids is 3. The lowest BCUT2D eigenvalue weighted by Gasteiger charge is -2.28. The Hall–Kier alpha value is -4.37. The molecule has 2 aliphatic rings. The van der Waals surface area contributed by atoms with Gasteiger partial charge in [-0.05, 0) is 53.4 Å². The second-order valence-electron chi connectivity index (χ2n) is 9.11. The van der Waals surface area contributed by atoms with Crippen LogP contribution in [0.3, 0.4) is 0 Å². The van der Waals surface area contributed by atoms with Gasteiger partial charge in [0, 0.05) is 11.4 Å². The number of carbonyl (C=O) groups is 3. The van der Waals surface area contributed by atoms with Gasteiger partial charge >= 0.3 is 12.1 Å². The lowest BCUT2D eigenvalue weighted by Crippen LogP contribution is -2.39. The summed E-state index contributed by atoms with van der Waals surface area (Å²) >= 11 is 1.50. The van der Waals surface area contributed by atoms with Gasteiger partial charge in [0.25, 0.3) is 5.91 Å². The third-order valence-electron chi connectivity index (χ3n) is 6.79. The third kappa shape index (κ3) is 4.35. The highest BCUT2D eigenvalue weighted by molar-refractivity contribution is 7.16. The molecule has 8 nitrogen and oxygen atoms in total. The summed E-state index contributed by atoms with van der Waals surface area (Å²) in [4.78, 5) is 40.8. The predicted molar refractivity (Wildman–Crippen MR) is 145 cm³/mol. The zero-order chi connectivity index (χ0) is 26.2. The first-order valence-corrected chi connectivity index (χ1v) is 13.3. The molecule has 3 aromatic carbocycles. The standard InChI is InChI=1S/C29H25N3O5S/c1-2-36-29(35)32-15-14-22-23(16-32)38-27-24(22)26(33)30-25(31-27)18-10-12-19(13-11-18)37-28(34)21-9-5-7-17-6-3-4-8-20(17)21/h3-13,25,31H,2,14-16H2,1H3,(H,30,33)/t25-/m1/s1. The smallest absolute Gasteiger partial charge is 0.410 e. The first kappa shape index (κ1) is 24.0. The minimum atomic E-state index is -0.431. The summed E-state index contributed by atoms with van der Waals surface area (Å²) in [6.07, 6.45) is -0.156. The molecule has 6 rings (SSSR count). The van der Waals surface area contributed by atoms with Crippen molar-refractivity contribution >= 4 is 45.1 Å². The molecule has 38 heavy (non-hydrogen) atoms. The zero-order valence-electron chi connectivity index (χ0n) is 20.7. The van der Waals surface area contributed by atoms with Crippen LogP contribution in [0.4, 0.5) is 9.80 Å². The molecule has 2 amide bonds. The molecule has 0 saturated carbocycles. The van der Waals surface area contributed by atoms with Gasteiger partial charge in [0.2, 0.25) is 0 Å². The Bertz CT molecular complexity index is 1560. The Kier molecular flexibility index (Phi) is 6.21. The van der Waals surface area contributed by atoms with E-state index in [1.165, 1.54) is 11.3 Å². The highest BCUT2D eigenvalue weighted by Gasteiger charge is 2.34. The van der Waals surface area contributed by atoms with E-state index in [-0.39, 0.29) is 12.0 Å². The topological polar surface area (TPSA) is 97.0 Å². The molecular formula is C29H25N3O5S. The number of anilines is 1. The van der Waals surface area contributed by atoms with Crippen molar-refractivity contribution in [2.45, 2.75) is 26.1 Å². The number of esters is 1. The van der Waals surface area contributed by atoms with E-state index in [1.54, 1.807) is 30.0 Å². The van der Waals surface area contributed by atoms with Crippen molar-refractivity contribution in [3.05, 3.63) is 93.9 Å². The van der Waals surface area contributed by atoms with Gasteiger partial charge in [0.15, 0.2) is 0 Å². The fourth-order valence-corrected chi connectivity index (χ4v) is 6.24. The van der Waals surface area contributed by atoms with E-state index in [9.17, 15) is 14.4 Å². The lowest BCUT2D eigenvalue weighted by atomic mass is 10.0. The monoisotopic (exact) mass is 527 g/mol. The van der Waals surface area contributed by atoms with E-state index >= 15 is 0 Å². The number of thiophene rings is 1. The summed E-state index contributed by atoms with van der Waals surface area (Å²) in [5.74, 6) is -0.151. The number of rotatable bonds is 4. The van der Waals surface area contributed by atoms with Gasteiger partial charge in [0.1, 0.15) is 16.9 Å². The molecule has 2 aliphatic heterocycles. The van der Waals surface area contributed by atoms with Crippen LogP contribution in [0.15, 0.2) is 66.7 Å². The third-order valence-corrected chi connectivity index (χ3v) is 7.94. The van der Waals surface area contributed by atoms with Crippen LogP contribution in [0, 0.1) is 0 Å². The van der Waals surface area contributed by atoms with E-state index in [2.05, 4.69) is 10.6 Å². The van der Waals surface area contributed by atoms with Crippen molar-refractivity contribution in [1.82, 2.24) is 10.2 Å². The van der Waals surface area contributed by atoms with E-state index in [1.807, 2.05) is 48.5 Å². The average Bonchev–Trinajstić information content (AvgIpc) is 3.31. The van der Waals surface area contributed by atoms with Crippen molar-refractivity contribution in [3.8, 4) is 5.75 Å². The molecule has 0 spiro atoms. The lowest BCUT2D eigenvalue weighted by molar-refractivity contribution is 0.0736. The maximum atomic E-state index is 13.1. The van der Waals surface area contributed by atoms with Crippen LogP contribution in [0.25, 0.3) is 10.8 Å². The van der Waals surface area contributed by atoms with Gasteiger partial charge in [-0.25, -0.2) is 9.59 Å². The minimum absolute atomic E-state index is 0.141. The number of amides is 2. The zero-order valence-corrected chi connectivity index (χ0v) is 21.5. The van der Waals surface area contributed by atoms with Crippen LogP contribution < -0.4 is 15.4 Å². The van der Waals surface area contributed by atoms with E-state index in [0.29, 0.717) is 43.0 Å². The fraction of sp³-hybridized carbons (Fsp3) is 0.207. The van der Waals surface area contributed by atoms with E-state index in [0.717, 1.165) is 31.8 Å². The number of fused-ring (bicyclic) bond motifs is 4. The number of nitrogens with one attached hydrogen (secondary N) is 2. The number of benzene rings is 3. The molecule has 0 unspecified atom stereocenters. The van der Waals surface area contributed by atoms with Gasteiger partial charge in [-0.15, -0.1) is 11.3 Å². The highest BCUT2D eigenvalue weighted by atomic mass is 32.1. The quantitative estimate of drug-likeness (QED) is 0.269.